The van der Waals surface area contributed by atoms with Crippen LogP contribution in [0.2, 0.25) is 0 Å². The minimum atomic E-state index is 0.219. The Labute approximate surface area is 129 Å². The quantitative estimate of drug-likeness (QED) is 0.711. The lowest BCUT2D eigenvalue weighted by Gasteiger charge is -2.25. The van der Waals surface area contributed by atoms with Crippen LogP contribution in [0.4, 0.5) is 0 Å². The van der Waals surface area contributed by atoms with Crippen molar-refractivity contribution in [2.75, 3.05) is 6.54 Å². The maximum atomic E-state index is 5.85. The van der Waals surface area contributed by atoms with Gasteiger partial charge in [-0.3, -0.25) is 0 Å². The molecular formula is C19H29NO. The number of rotatable bonds is 7. The van der Waals surface area contributed by atoms with E-state index in [0.29, 0.717) is 6.04 Å². The van der Waals surface area contributed by atoms with Crippen molar-refractivity contribution in [3.63, 3.8) is 0 Å². The first kappa shape index (κ1) is 16.1. The Hall–Kier alpha value is -1.28. The molecule has 1 aliphatic carbocycles. The molecule has 0 aromatic heterocycles. The van der Waals surface area contributed by atoms with E-state index in [4.69, 9.17) is 4.74 Å². The largest absolute Gasteiger partial charge is 0.491 e. The highest BCUT2D eigenvalue weighted by molar-refractivity contribution is 5.35. The zero-order valence-corrected chi connectivity index (χ0v) is 13.7. The second-order valence-electron chi connectivity index (χ2n) is 6.15. The van der Waals surface area contributed by atoms with E-state index in [1.165, 1.54) is 31.2 Å². The van der Waals surface area contributed by atoms with Gasteiger partial charge in [-0.05, 0) is 70.2 Å². The molecule has 2 rings (SSSR count). The van der Waals surface area contributed by atoms with Crippen LogP contribution in [0.25, 0.3) is 0 Å². The molecule has 0 radical (unpaired) electrons. The molecule has 2 heteroatoms. The van der Waals surface area contributed by atoms with Crippen LogP contribution in [0.5, 0.6) is 5.75 Å². The van der Waals surface area contributed by atoms with Gasteiger partial charge in [-0.25, -0.2) is 0 Å². The second kappa shape index (κ2) is 8.23. The van der Waals surface area contributed by atoms with E-state index in [1.54, 1.807) is 5.57 Å². The Bertz CT molecular complexity index is 464. The minimum Gasteiger partial charge on any atom is -0.491 e. The molecular weight excluding hydrogens is 258 g/mol. The fourth-order valence-corrected chi connectivity index (χ4v) is 2.92. The molecule has 0 saturated heterocycles. The second-order valence-corrected chi connectivity index (χ2v) is 6.15. The summed E-state index contributed by atoms with van der Waals surface area (Å²) in [5, 5.41) is 3.71. The third-order valence-electron chi connectivity index (χ3n) is 3.86. The van der Waals surface area contributed by atoms with Crippen molar-refractivity contribution in [2.24, 2.45) is 0 Å². The number of nitrogens with one attached hydrogen (secondary N) is 1. The van der Waals surface area contributed by atoms with Crippen molar-refractivity contribution in [3.05, 3.63) is 41.5 Å². The minimum absolute atomic E-state index is 0.219. The van der Waals surface area contributed by atoms with Crippen LogP contribution >= 0.6 is 0 Å². The van der Waals surface area contributed by atoms with Gasteiger partial charge in [0.2, 0.25) is 0 Å². The molecule has 0 amide bonds. The molecule has 0 heterocycles. The van der Waals surface area contributed by atoms with Gasteiger partial charge in [-0.15, -0.1) is 0 Å². The molecule has 1 N–H and O–H groups in total. The van der Waals surface area contributed by atoms with Crippen molar-refractivity contribution in [3.8, 4) is 5.75 Å². The first-order valence-corrected chi connectivity index (χ1v) is 8.39. The van der Waals surface area contributed by atoms with Gasteiger partial charge in [-0.1, -0.05) is 30.7 Å². The fourth-order valence-electron chi connectivity index (χ4n) is 2.92. The van der Waals surface area contributed by atoms with Gasteiger partial charge in [0, 0.05) is 0 Å². The highest BCUT2D eigenvalue weighted by atomic mass is 16.5. The molecule has 0 fully saturated rings. The number of ether oxygens (including phenoxy) is 1. The maximum absolute atomic E-state index is 5.85. The summed E-state index contributed by atoms with van der Waals surface area (Å²) in [6.45, 7) is 7.42. The number of allylic oxidation sites excluding steroid dienone is 1. The first-order valence-electron chi connectivity index (χ1n) is 8.39. The van der Waals surface area contributed by atoms with Crippen molar-refractivity contribution in [1.29, 1.82) is 0 Å². The normalized spacial score (nSPS) is 16.7. The van der Waals surface area contributed by atoms with Gasteiger partial charge in [0.05, 0.1) is 12.1 Å². The lowest BCUT2D eigenvalue weighted by molar-refractivity contribution is 0.242. The van der Waals surface area contributed by atoms with Gasteiger partial charge in [-0.2, -0.15) is 0 Å². The Morgan fingerprint density at radius 2 is 2.10 bits per heavy atom. The molecule has 116 valence electrons. The summed E-state index contributed by atoms with van der Waals surface area (Å²) in [4.78, 5) is 0. The van der Waals surface area contributed by atoms with Crippen LogP contribution in [0, 0.1) is 0 Å². The number of hydrogen-bond acceptors (Lipinski definition) is 2. The van der Waals surface area contributed by atoms with Crippen LogP contribution in [0.1, 0.15) is 64.5 Å². The summed E-state index contributed by atoms with van der Waals surface area (Å²) >= 11 is 0. The molecule has 21 heavy (non-hydrogen) atoms. The van der Waals surface area contributed by atoms with Gasteiger partial charge >= 0.3 is 0 Å². The van der Waals surface area contributed by atoms with Gasteiger partial charge in [0.25, 0.3) is 0 Å². The lowest BCUT2D eigenvalue weighted by Crippen LogP contribution is -2.24. The molecule has 0 aliphatic heterocycles. The summed E-state index contributed by atoms with van der Waals surface area (Å²) in [6, 6.07) is 8.92. The van der Waals surface area contributed by atoms with Crippen LogP contribution < -0.4 is 10.1 Å². The van der Waals surface area contributed by atoms with Crippen molar-refractivity contribution >= 4 is 0 Å². The summed E-state index contributed by atoms with van der Waals surface area (Å²) in [5.41, 5.74) is 2.88. The molecule has 1 aliphatic rings. The lowest BCUT2D eigenvalue weighted by atomic mass is 9.89. The Kier molecular flexibility index (Phi) is 6.31. The smallest absolute Gasteiger partial charge is 0.120 e. The molecule has 1 aromatic carbocycles. The summed E-state index contributed by atoms with van der Waals surface area (Å²) < 4.78 is 5.85. The average molecular weight is 287 g/mol. The van der Waals surface area contributed by atoms with Gasteiger partial charge in [0.15, 0.2) is 0 Å². The molecule has 1 unspecified atom stereocenters. The standard InChI is InChI=1S/C19H29NO/c1-4-13-20-19(16-9-6-5-7-10-16)17-11-8-12-18(14-17)21-15(2)3/h8-9,11-12,14-15,19-20H,4-7,10,13H2,1-3H3. The third kappa shape index (κ3) is 4.89. The third-order valence-corrected chi connectivity index (χ3v) is 3.86. The number of benzene rings is 1. The highest BCUT2D eigenvalue weighted by Gasteiger charge is 2.18. The molecule has 0 bridgehead atoms. The Morgan fingerprint density at radius 3 is 2.76 bits per heavy atom. The van der Waals surface area contributed by atoms with E-state index < -0.39 is 0 Å². The zero-order valence-electron chi connectivity index (χ0n) is 13.7. The SMILES string of the molecule is CCCNC(C1=CCCCC1)c1cccc(OC(C)C)c1. The summed E-state index contributed by atoms with van der Waals surface area (Å²) in [7, 11) is 0. The Morgan fingerprint density at radius 1 is 1.24 bits per heavy atom. The van der Waals surface area contributed by atoms with Crippen molar-refractivity contribution in [1.82, 2.24) is 5.32 Å². The predicted octanol–water partition coefficient (Wildman–Crippen LogP) is 5.01. The van der Waals surface area contributed by atoms with E-state index in [0.717, 1.165) is 18.7 Å². The van der Waals surface area contributed by atoms with E-state index >= 15 is 0 Å². The van der Waals surface area contributed by atoms with Crippen molar-refractivity contribution in [2.45, 2.75) is 65.0 Å². The molecule has 0 saturated carbocycles. The van der Waals surface area contributed by atoms with E-state index in [-0.39, 0.29) is 6.10 Å². The topological polar surface area (TPSA) is 21.3 Å². The highest BCUT2D eigenvalue weighted by Crippen LogP contribution is 2.31. The van der Waals surface area contributed by atoms with Crippen LogP contribution in [-0.2, 0) is 0 Å². The molecule has 1 aromatic rings. The van der Waals surface area contributed by atoms with E-state index in [2.05, 4.69) is 56.4 Å². The van der Waals surface area contributed by atoms with Gasteiger partial charge in [0.1, 0.15) is 5.75 Å². The summed E-state index contributed by atoms with van der Waals surface area (Å²) in [6.07, 6.45) is 8.91. The number of hydrogen-bond donors (Lipinski definition) is 1. The van der Waals surface area contributed by atoms with E-state index in [1.807, 2.05) is 0 Å². The zero-order chi connectivity index (χ0) is 15.1. The van der Waals surface area contributed by atoms with Crippen LogP contribution in [0.3, 0.4) is 0 Å². The van der Waals surface area contributed by atoms with Gasteiger partial charge < -0.3 is 10.1 Å². The summed E-state index contributed by atoms with van der Waals surface area (Å²) in [5.74, 6) is 0.974. The average Bonchev–Trinajstić information content (AvgIpc) is 2.48. The predicted molar refractivity (Wildman–Crippen MR) is 89.8 cm³/mol. The first-order chi connectivity index (χ1) is 10.2. The Balaban J connectivity index is 2.20. The molecule has 2 nitrogen and oxygen atoms in total. The fraction of sp³-hybridized carbons (Fsp3) is 0.579. The van der Waals surface area contributed by atoms with Crippen molar-refractivity contribution < 1.29 is 4.74 Å². The van der Waals surface area contributed by atoms with Crippen LogP contribution in [-0.4, -0.2) is 12.6 Å². The van der Waals surface area contributed by atoms with Crippen LogP contribution in [0.15, 0.2) is 35.9 Å². The molecule has 0 spiro atoms. The maximum Gasteiger partial charge on any atom is 0.120 e. The van der Waals surface area contributed by atoms with E-state index in [9.17, 15) is 0 Å². The molecule has 1 atom stereocenters. The monoisotopic (exact) mass is 287 g/mol.